The van der Waals surface area contributed by atoms with Gasteiger partial charge in [0.2, 0.25) is 0 Å². The molecule has 3 heteroatoms. The summed E-state index contributed by atoms with van der Waals surface area (Å²) in [6.07, 6.45) is 2.51. The largest absolute Gasteiger partial charge is 0.493 e. The first-order valence-electron chi connectivity index (χ1n) is 6.96. The Morgan fingerprint density at radius 3 is 2.45 bits per heavy atom. The SMILES string of the molecule is CCOC(=O)C1=C(OCC)C=C(c2ccc(C)cc2)C1. The van der Waals surface area contributed by atoms with Crippen molar-refractivity contribution in [3.63, 3.8) is 0 Å². The number of allylic oxidation sites excluding steroid dienone is 2. The number of hydrogen-bond acceptors (Lipinski definition) is 3. The third kappa shape index (κ3) is 3.10. The van der Waals surface area contributed by atoms with Crippen molar-refractivity contribution in [2.24, 2.45) is 0 Å². The maximum absolute atomic E-state index is 12.0. The fourth-order valence-corrected chi connectivity index (χ4v) is 2.20. The second kappa shape index (κ2) is 6.42. The number of carbonyl (C=O) groups is 1. The van der Waals surface area contributed by atoms with Crippen LogP contribution < -0.4 is 0 Å². The highest BCUT2D eigenvalue weighted by atomic mass is 16.5. The van der Waals surface area contributed by atoms with E-state index in [2.05, 4.69) is 31.2 Å². The molecule has 0 N–H and O–H groups in total. The normalized spacial score (nSPS) is 14.2. The zero-order valence-corrected chi connectivity index (χ0v) is 12.2. The predicted octanol–water partition coefficient (Wildman–Crippen LogP) is 3.64. The highest BCUT2D eigenvalue weighted by Crippen LogP contribution is 2.33. The molecule has 0 atom stereocenters. The van der Waals surface area contributed by atoms with E-state index in [4.69, 9.17) is 9.47 Å². The predicted molar refractivity (Wildman–Crippen MR) is 79.1 cm³/mol. The van der Waals surface area contributed by atoms with Gasteiger partial charge in [0, 0.05) is 6.42 Å². The Hall–Kier alpha value is -2.03. The summed E-state index contributed by atoms with van der Waals surface area (Å²) in [5.41, 5.74) is 4.05. The molecule has 0 saturated heterocycles. The summed E-state index contributed by atoms with van der Waals surface area (Å²) in [7, 11) is 0. The lowest BCUT2D eigenvalue weighted by Crippen LogP contribution is -2.09. The minimum atomic E-state index is -0.283. The molecule has 0 heterocycles. The Morgan fingerprint density at radius 2 is 1.85 bits per heavy atom. The summed E-state index contributed by atoms with van der Waals surface area (Å²) in [5, 5.41) is 0. The molecule has 20 heavy (non-hydrogen) atoms. The van der Waals surface area contributed by atoms with Crippen LogP contribution in [0.3, 0.4) is 0 Å². The van der Waals surface area contributed by atoms with Gasteiger partial charge in [-0.15, -0.1) is 0 Å². The molecule has 0 radical (unpaired) electrons. The Balaban J connectivity index is 2.23. The minimum Gasteiger partial charge on any atom is -0.493 e. The van der Waals surface area contributed by atoms with Crippen LogP contribution in [0.1, 0.15) is 31.4 Å². The molecule has 0 spiro atoms. The quantitative estimate of drug-likeness (QED) is 0.768. The van der Waals surface area contributed by atoms with Crippen LogP contribution in [-0.4, -0.2) is 19.2 Å². The average Bonchev–Trinajstić information content (AvgIpc) is 2.84. The molecule has 0 aliphatic heterocycles. The van der Waals surface area contributed by atoms with Crippen molar-refractivity contribution >= 4 is 11.5 Å². The van der Waals surface area contributed by atoms with Gasteiger partial charge in [0.25, 0.3) is 0 Å². The molecule has 106 valence electrons. The number of esters is 1. The van der Waals surface area contributed by atoms with Gasteiger partial charge in [-0.25, -0.2) is 4.79 Å². The van der Waals surface area contributed by atoms with Gasteiger partial charge in [0.05, 0.1) is 18.8 Å². The summed E-state index contributed by atoms with van der Waals surface area (Å²) < 4.78 is 10.7. The van der Waals surface area contributed by atoms with E-state index < -0.39 is 0 Å². The smallest absolute Gasteiger partial charge is 0.338 e. The molecule has 0 aromatic heterocycles. The van der Waals surface area contributed by atoms with Crippen molar-refractivity contribution in [2.45, 2.75) is 27.2 Å². The third-order valence-electron chi connectivity index (χ3n) is 3.21. The molecular weight excluding hydrogens is 252 g/mol. The molecule has 1 aromatic rings. The monoisotopic (exact) mass is 272 g/mol. The summed E-state index contributed by atoms with van der Waals surface area (Å²) in [4.78, 5) is 12.0. The van der Waals surface area contributed by atoms with E-state index >= 15 is 0 Å². The van der Waals surface area contributed by atoms with Crippen molar-refractivity contribution in [1.82, 2.24) is 0 Å². The van der Waals surface area contributed by atoms with Crippen molar-refractivity contribution in [1.29, 1.82) is 0 Å². The second-order valence-corrected chi connectivity index (χ2v) is 4.71. The van der Waals surface area contributed by atoms with E-state index in [9.17, 15) is 4.79 Å². The van der Waals surface area contributed by atoms with Crippen LogP contribution in [0.25, 0.3) is 5.57 Å². The fraction of sp³-hybridized carbons (Fsp3) is 0.353. The van der Waals surface area contributed by atoms with E-state index in [0.717, 1.165) is 11.1 Å². The number of rotatable bonds is 5. The van der Waals surface area contributed by atoms with Crippen LogP contribution in [0.2, 0.25) is 0 Å². The number of aryl methyl sites for hydroxylation is 1. The average molecular weight is 272 g/mol. The second-order valence-electron chi connectivity index (χ2n) is 4.71. The van der Waals surface area contributed by atoms with Crippen molar-refractivity contribution < 1.29 is 14.3 Å². The summed E-state index contributed by atoms with van der Waals surface area (Å²) in [6.45, 7) is 6.69. The molecule has 2 rings (SSSR count). The zero-order valence-electron chi connectivity index (χ0n) is 12.2. The van der Waals surface area contributed by atoms with Crippen LogP contribution >= 0.6 is 0 Å². The molecule has 0 unspecified atom stereocenters. The van der Waals surface area contributed by atoms with Gasteiger partial charge in [-0.3, -0.25) is 0 Å². The number of benzene rings is 1. The van der Waals surface area contributed by atoms with E-state index in [1.807, 2.05) is 19.9 Å². The van der Waals surface area contributed by atoms with Gasteiger partial charge >= 0.3 is 5.97 Å². The van der Waals surface area contributed by atoms with Crippen molar-refractivity contribution in [3.05, 3.63) is 52.8 Å². The molecule has 0 bridgehead atoms. The molecule has 3 nitrogen and oxygen atoms in total. The Bertz CT molecular complexity index is 550. The molecular formula is C17H20O3. The lowest BCUT2D eigenvalue weighted by atomic mass is 10.0. The lowest BCUT2D eigenvalue weighted by molar-refractivity contribution is -0.138. The van der Waals surface area contributed by atoms with Crippen molar-refractivity contribution in [2.75, 3.05) is 13.2 Å². The first-order valence-corrected chi connectivity index (χ1v) is 6.96. The maximum Gasteiger partial charge on any atom is 0.338 e. The van der Waals surface area contributed by atoms with Crippen LogP contribution in [0.5, 0.6) is 0 Å². The fourth-order valence-electron chi connectivity index (χ4n) is 2.20. The molecule has 1 aliphatic rings. The first kappa shape index (κ1) is 14.4. The van der Waals surface area contributed by atoms with E-state index in [1.54, 1.807) is 0 Å². The van der Waals surface area contributed by atoms with E-state index in [-0.39, 0.29) is 5.97 Å². The summed E-state index contributed by atoms with van der Waals surface area (Å²) in [5.74, 6) is 0.357. The van der Waals surface area contributed by atoms with Gasteiger partial charge < -0.3 is 9.47 Å². The Labute approximate surface area is 119 Å². The number of hydrogen-bond donors (Lipinski definition) is 0. The Morgan fingerprint density at radius 1 is 1.15 bits per heavy atom. The standard InChI is InChI=1S/C17H20O3/c1-4-19-16-11-14(10-15(16)17(18)20-5-2)13-8-6-12(3)7-9-13/h6-9,11H,4-5,10H2,1-3H3. The minimum absolute atomic E-state index is 0.283. The van der Waals surface area contributed by atoms with Gasteiger partial charge in [0.1, 0.15) is 5.76 Å². The van der Waals surface area contributed by atoms with Crippen LogP contribution in [0.4, 0.5) is 0 Å². The zero-order chi connectivity index (χ0) is 14.5. The molecule has 0 saturated carbocycles. The van der Waals surface area contributed by atoms with E-state index in [1.165, 1.54) is 5.56 Å². The summed E-state index contributed by atoms with van der Waals surface area (Å²) >= 11 is 0. The van der Waals surface area contributed by atoms with Crippen LogP contribution in [0.15, 0.2) is 41.7 Å². The number of carbonyl (C=O) groups excluding carboxylic acids is 1. The van der Waals surface area contributed by atoms with Crippen molar-refractivity contribution in [3.8, 4) is 0 Å². The van der Waals surface area contributed by atoms with Gasteiger partial charge in [-0.1, -0.05) is 29.8 Å². The third-order valence-corrected chi connectivity index (χ3v) is 3.21. The van der Waals surface area contributed by atoms with E-state index in [0.29, 0.717) is 31.0 Å². The molecule has 0 fully saturated rings. The lowest BCUT2D eigenvalue weighted by Gasteiger charge is -2.07. The summed E-state index contributed by atoms with van der Waals surface area (Å²) in [6, 6.07) is 8.27. The highest BCUT2D eigenvalue weighted by Gasteiger charge is 2.24. The Kier molecular flexibility index (Phi) is 4.61. The van der Waals surface area contributed by atoms with Gasteiger partial charge in [-0.05, 0) is 38.0 Å². The topological polar surface area (TPSA) is 35.5 Å². The van der Waals surface area contributed by atoms with Gasteiger partial charge in [0.15, 0.2) is 0 Å². The highest BCUT2D eigenvalue weighted by molar-refractivity contribution is 5.95. The van der Waals surface area contributed by atoms with Crippen LogP contribution in [-0.2, 0) is 14.3 Å². The molecule has 1 aliphatic carbocycles. The van der Waals surface area contributed by atoms with Crippen LogP contribution in [0, 0.1) is 6.92 Å². The van der Waals surface area contributed by atoms with Gasteiger partial charge in [-0.2, -0.15) is 0 Å². The maximum atomic E-state index is 12.0. The molecule has 1 aromatic carbocycles. The number of ether oxygens (including phenoxy) is 2. The first-order chi connectivity index (χ1) is 9.65. The molecule has 0 amide bonds.